The van der Waals surface area contributed by atoms with Gasteiger partial charge in [-0.15, -0.1) is 0 Å². The second-order valence-electron chi connectivity index (χ2n) is 2.03. The standard InChI is InChI=1S/C6H4Cl2NO2S/c7-4-2-1-3-5(6(4)8)12(9,10)11/h2-3H,(H2,9,10,11). The van der Waals surface area contributed by atoms with E-state index in [1.807, 2.05) is 0 Å². The highest BCUT2D eigenvalue weighted by Crippen LogP contribution is 2.27. The van der Waals surface area contributed by atoms with Crippen LogP contribution < -0.4 is 5.14 Å². The molecule has 0 aliphatic carbocycles. The molecule has 0 aliphatic heterocycles. The summed E-state index contributed by atoms with van der Waals surface area (Å²) >= 11 is 11.1. The van der Waals surface area contributed by atoms with Crippen LogP contribution in [0.5, 0.6) is 0 Å². The van der Waals surface area contributed by atoms with Crippen LogP contribution in [0.2, 0.25) is 10.0 Å². The number of halogens is 2. The van der Waals surface area contributed by atoms with Gasteiger partial charge in [0, 0.05) is 0 Å². The highest BCUT2D eigenvalue weighted by Gasteiger charge is 2.14. The van der Waals surface area contributed by atoms with Crippen molar-refractivity contribution in [1.82, 2.24) is 0 Å². The molecule has 0 saturated heterocycles. The number of rotatable bonds is 1. The van der Waals surface area contributed by atoms with E-state index in [1.165, 1.54) is 12.1 Å². The van der Waals surface area contributed by atoms with Crippen LogP contribution in [0.15, 0.2) is 17.0 Å². The van der Waals surface area contributed by atoms with Gasteiger partial charge in [-0.25, -0.2) is 13.6 Å². The molecule has 1 radical (unpaired) electrons. The maximum atomic E-state index is 10.8. The molecule has 0 heterocycles. The zero-order valence-corrected chi connectivity index (χ0v) is 8.04. The van der Waals surface area contributed by atoms with Crippen molar-refractivity contribution in [1.29, 1.82) is 0 Å². The van der Waals surface area contributed by atoms with Crippen molar-refractivity contribution in [3.05, 3.63) is 28.2 Å². The minimum Gasteiger partial charge on any atom is -0.225 e. The van der Waals surface area contributed by atoms with Gasteiger partial charge < -0.3 is 0 Å². The quantitative estimate of drug-likeness (QED) is 0.785. The van der Waals surface area contributed by atoms with E-state index in [0.29, 0.717) is 0 Å². The Kier molecular flexibility index (Phi) is 2.63. The molecule has 0 unspecified atom stereocenters. The fourth-order valence-corrected chi connectivity index (χ4v) is 1.89. The van der Waals surface area contributed by atoms with Crippen molar-refractivity contribution in [2.75, 3.05) is 0 Å². The van der Waals surface area contributed by atoms with Gasteiger partial charge in [-0.1, -0.05) is 23.2 Å². The number of hydrogen-bond acceptors (Lipinski definition) is 2. The van der Waals surface area contributed by atoms with Crippen molar-refractivity contribution in [3.63, 3.8) is 0 Å². The van der Waals surface area contributed by atoms with Gasteiger partial charge in [0.2, 0.25) is 10.0 Å². The third-order valence-corrected chi connectivity index (χ3v) is 3.01. The third kappa shape index (κ3) is 1.90. The molecule has 0 aliphatic rings. The van der Waals surface area contributed by atoms with Crippen LogP contribution in [0, 0.1) is 6.07 Å². The number of sulfonamides is 1. The van der Waals surface area contributed by atoms with Crippen molar-refractivity contribution in [2.24, 2.45) is 5.14 Å². The molecule has 12 heavy (non-hydrogen) atoms. The summed E-state index contributed by atoms with van der Waals surface area (Å²) in [4.78, 5) is -0.211. The van der Waals surface area contributed by atoms with Gasteiger partial charge in [-0.3, -0.25) is 0 Å². The molecule has 1 aromatic rings. The van der Waals surface area contributed by atoms with Crippen LogP contribution in [0.25, 0.3) is 0 Å². The topological polar surface area (TPSA) is 60.2 Å². The Morgan fingerprint density at radius 3 is 2.33 bits per heavy atom. The molecule has 3 nitrogen and oxygen atoms in total. The van der Waals surface area contributed by atoms with Gasteiger partial charge in [-0.05, 0) is 18.2 Å². The second kappa shape index (κ2) is 3.22. The molecule has 0 aromatic heterocycles. The fourth-order valence-electron chi connectivity index (χ4n) is 0.642. The molecular formula is C6H4Cl2NO2S. The molecule has 1 rings (SSSR count). The zero-order valence-electron chi connectivity index (χ0n) is 5.71. The maximum Gasteiger partial charge on any atom is 0.239 e. The zero-order chi connectivity index (χ0) is 9.35. The molecule has 0 spiro atoms. The summed E-state index contributed by atoms with van der Waals surface area (Å²) in [6.45, 7) is 0. The minimum atomic E-state index is -3.80. The smallest absolute Gasteiger partial charge is 0.225 e. The number of primary sulfonamides is 1. The first-order chi connectivity index (χ1) is 5.43. The average molecular weight is 225 g/mol. The Morgan fingerprint density at radius 2 is 1.92 bits per heavy atom. The van der Waals surface area contributed by atoms with Crippen LogP contribution >= 0.6 is 23.2 Å². The van der Waals surface area contributed by atoms with E-state index in [-0.39, 0.29) is 14.9 Å². The van der Waals surface area contributed by atoms with Crippen molar-refractivity contribution < 1.29 is 8.42 Å². The van der Waals surface area contributed by atoms with E-state index >= 15 is 0 Å². The van der Waals surface area contributed by atoms with Gasteiger partial charge in [0.1, 0.15) is 4.90 Å². The molecule has 0 atom stereocenters. The number of hydrogen-bond donors (Lipinski definition) is 1. The largest absolute Gasteiger partial charge is 0.239 e. The summed E-state index contributed by atoms with van der Waals surface area (Å²) in [5, 5.41) is 4.88. The highest BCUT2D eigenvalue weighted by molar-refractivity contribution is 7.89. The molecule has 1 aromatic carbocycles. The minimum absolute atomic E-state index is 0.0714. The third-order valence-electron chi connectivity index (χ3n) is 1.16. The monoisotopic (exact) mass is 224 g/mol. The van der Waals surface area contributed by atoms with Crippen molar-refractivity contribution >= 4 is 33.2 Å². The molecule has 0 amide bonds. The first kappa shape index (κ1) is 9.80. The lowest BCUT2D eigenvalue weighted by atomic mass is 10.4. The normalized spacial score (nSPS) is 11.6. The Morgan fingerprint density at radius 1 is 1.33 bits per heavy atom. The molecule has 0 fully saturated rings. The highest BCUT2D eigenvalue weighted by atomic mass is 35.5. The van der Waals surface area contributed by atoms with Crippen molar-refractivity contribution in [2.45, 2.75) is 4.90 Å². The van der Waals surface area contributed by atoms with E-state index < -0.39 is 10.0 Å². The van der Waals surface area contributed by atoms with Gasteiger partial charge in [0.25, 0.3) is 0 Å². The van der Waals surface area contributed by atoms with E-state index in [1.54, 1.807) is 0 Å². The van der Waals surface area contributed by atoms with Crippen LogP contribution in [0.1, 0.15) is 0 Å². The predicted octanol–water partition coefficient (Wildman–Crippen LogP) is 1.44. The fraction of sp³-hybridized carbons (Fsp3) is 0. The maximum absolute atomic E-state index is 10.8. The van der Waals surface area contributed by atoms with Crippen LogP contribution in [-0.2, 0) is 10.0 Å². The SMILES string of the molecule is NS(=O)(=O)c1c[c]cc(Cl)c1Cl. The molecule has 65 valence electrons. The van der Waals surface area contributed by atoms with E-state index in [2.05, 4.69) is 6.07 Å². The first-order valence-corrected chi connectivity index (χ1v) is 5.11. The summed E-state index contributed by atoms with van der Waals surface area (Å²) in [7, 11) is -3.80. The van der Waals surface area contributed by atoms with Crippen LogP contribution in [0.4, 0.5) is 0 Å². The van der Waals surface area contributed by atoms with E-state index in [0.717, 1.165) is 0 Å². The van der Waals surface area contributed by atoms with Gasteiger partial charge in [0.05, 0.1) is 10.0 Å². The second-order valence-corrected chi connectivity index (χ2v) is 4.34. The summed E-state index contributed by atoms with van der Waals surface area (Å²) in [5.41, 5.74) is 0. The van der Waals surface area contributed by atoms with Gasteiger partial charge in [0.15, 0.2) is 0 Å². The molecule has 0 bridgehead atoms. The number of nitrogens with two attached hydrogens (primary N) is 1. The Labute approximate surface area is 80.1 Å². The van der Waals surface area contributed by atoms with Crippen LogP contribution in [0.3, 0.4) is 0 Å². The average Bonchev–Trinajstić information content (AvgIpc) is 1.92. The number of benzene rings is 1. The Hall–Kier alpha value is -0.290. The van der Waals surface area contributed by atoms with Crippen molar-refractivity contribution in [3.8, 4) is 0 Å². The lowest BCUT2D eigenvalue weighted by Gasteiger charge is -2.01. The molecular weight excluding hydrogens is 221 g/mol. The molecule has 6 heteroatoms. The van der Waals surface area contributed by atoms with E-state index in [9.17, 15) is 8.42 Å². The molecule has 2 N–H and O–H groups in total. The summed E-state index contributed by atoms with van der Waals surface area (Å²) in [6.07, 6.45) is 0. The van der Waals surface area contributed by atoms with Crippen LogP contribution in [-0.4, -0.2) is 8.42 Å². The molecule has 0 saturated carbocycles. The van der Waals surface area contributed by atoms with E-state index in [4.69, 9.17) is 28.3 Å². The predicted molar refractivity (Wildman–Crippen MR) is 46.7 cm³/mol. The van der Waals surface area contributed by atoms with Gasteiger partial charge >= 0.3 is 0 Å². The summed E-state index contributed by atoms with van der Waals surface area (Å²) in [5.74, 6) is 0. The Bertz CT molecular complexity index is 402. The summed E-state index contributed by atoms with van der Waals surface area (Å²) in [6, 6.07) is 5.03. The van der Waals surface area contributed by atoms with Gasteiger partial charge in [-0.2, -0.15) is 0 Å². The first-order valence-electron chi connectivity index (χ1n) is 2.81. The lowest BCUT2D eigenvalue weighted by molar-refractivity contribution is 0.598. The summed E-state index contributed by atoms with van der Waals surface area (Å²) < 4.78 is 21.6. The lowest BCUT2D eigenvalue weighted by Crippen LogP contribution is -2.12. The Balaban J connectivity index is 3.47.